The molecule has 1 aromatic carbocycles. The molecule has 1 rings (SSSR count). The monoisotopic (exact) mass is 295 g/mol. The predicted octanol–water partition coefficient (Wildman–Crippen LogP) is 3.38. The summed E-state index contributed by atoms with van der Waals surface area (Å²) in [5.41, 5.74) is -1.48. The van der Waals surface area contributed by atoms with Gasteiger partial charge in [0.25, 0.3) is 0 Å². The Hall–Kier alpha value is 0.490. The van der Waals surface area contributed by atoms with Gasteiger partial charge >= 0.3 is 5.69 Å². The second-order valence-corrected chi connectivity index (χ2v) is 12.7. The maximum Gasteiger partial charge on any atom is 0.440 e. The van der Waals surface area contributed by atoms with Crippen molar-refractivity contribution < 1.29 is 9.79 Å². The van der Waals surface area contributed by atoms with Crippen LogP contribution in [-0.4, -0.2) is 21.3 Å². The van der Waals surface area contributed by atoms with E-state index in [-0.39, 0.29) is 0 Å². The van der Waals surface area contributed by atoms with Crippen molar-refractivity contribution in [3.05, 3.63) is 35.9 Å². The molecule has 0 saturated carbocycles. The molecule has 0 spiro atoms. The van der Waals surface area contributed by atoms with Crippen molar-refractivity contribution in [2.75, 3.05) is 11.5 Å². The first-order valence-corrected chi connectivity index (χ1v) is 11.2. The lowest BCUT2D eigenvalue weighted by molar-refractivity contribution is 0.502. The molecule has 6 heteroatoms. The maximum absolute atomic E-state index is 9.58. The van der Waals surface area contributed by atoms with E-state index in [0.29, 0.717) is 0 Å². The van der Waals surface area contributed by atoms with E-state index in [1.165, 1.54) is 26.9 Å². The van der Waals surface area contributed by atoms with Gasteiger partial charge in [-0.2, -0.15) is 0 Å². The van der Waals surface area contributed by atoms with E-state index >= 15 is 0 Å². The SMILES string of the molecule is CC[S+]=P(O)(O)SSCCc1ccccc1. The molecule has 0 aliphatic carbocycles. The lowest BCUT2D eigenvalue weighted by Crippen LogP contribution is -1.86. The zero-order chi connectivity index (χ0) is 11.9. The molecule has 0 unspecified atom stereocenters. The minimum Gasteiger partial charge on any atom is -0.303 e. The minimum atomic E-state index is -2.77. The molecule has 0 heterocycles. The molecule has 16 heavy (non-hydrogen) atoms. The van der Waals surface area contributed by atoms with E-state index in [4.69, 9.17) is 0 Å². The van der Waals surface area contributed by atoms with Crippen LogP contribution >= 0.6 is 26.9 Å². The van der Waals surface area contributed by atoms with Gasteiger partial charge in [-0.15, -0.1) is 0 Å². The summed E-state index contributed by atoms with van der Waals surface area (Å²) in [5.74, 6) is 1.65. The molecule has 0 aliphatic heterocycles. The third kappa shape index (κ3) is 6.28. The van der Waals surface area contributed by atoms with Gasteiger partial charge < -0.3 is 9.79 Å². The van der Waals surface area contributed by atoms with Crippen LogP contribution in [0.5, 0.6) is 0 Å². The fraction of sp³-hybridized carbons (Fsp3) is 0.400. The highest BCUT2D eigenvalue weighted by molar-refractivity contribution is 9.03. The van der Waals surface area contributed by atoms with Crippen LogP contribution < -0.4 is 0 Å². The molecule has 1 aromatic rings. The molecule has 0 fully saturated rings. The van der Waals surface area contributed by atoms with Crippen LogP contribution in [0.2, 0.25) is 0 Å². The van der Waals surface area contributed by atoms with Crippen molar-refractivity contribution in [2.24, 2.45) is 0 Å². The number of hydrogen-bond donors (Lipinski definition) is 2. The highest BCUT2D eigenvalue weighted by Gasteiger charge is 2.23. The van der Waals surface area contributed by atoms with Gasteiger partial charge in [-0.25, -0.2) is 0 Å². The van der Waals surface area contributed by atoms with Crippen molar-refractivity contribution >= 4 is 37.8 Å². The van der Waals surface area contributed by atoms with Crippen LogP contribution in [0.25, 0.3) is 0 Å². The number of benzene rings is 1. The summed E-state index contributed by atoms with van der Waals surface area (Å²) in [5, 5.41) is 0. The second-order valence-electron chi connectivity index (χ2n) is 3.04. The molecule has 0 atom stereocenters. The fourth-order valence-electron chi connectivity index (χ4n) is 1.10. The summed E-state index contributed by atoms with van der Waals surface area (Å²) in [4.78, 5) is 19.2. The van der Waals surface area contributed by atoms with Crippen LogP contribution in [0.15, 0.2) is 30.3 Å². The largest absolute Gasteiger partial charge is 0.440 e. The average Bonchev–Trinajstić information content (AvgIpc) is 2.26. The third-order valence-corrected chi connectivity index (χ3v) is 11.5. The highest BCUT2D eigenvalue weighted by Crippen LogP contribution is 2.58. The molecule has 0 radical (unpaired) electrons. The van der Waals surface area contributed by atoms with Crippen LogP contribution in [0.4, 0.5) is 0 Å². The smallest absolute Gasteiger partial charge is 0.303 e. The van der Waals surface area contributed by atoms with E-state index in [9.17, 15) is 9.79 Å². The molecule has 2 nitrogen and oxygen atoms in total. The Morgan fingerprint density at radius 1 is 1.25 bits per heavy atom. The first-order valence-electron chi connectivity index (χ1n) is 4.98. The van der Waals surface area contributed by atoms with Gasteiger partial charge in [0.1, 0.15) is 0 Å². The third-order valence-electron chi connectivity index (χ3n) is 1.76. The Morgan fingerprint density at radius 3 is 2.56 bits per heavy atom. The van der Waals surface area contributed by atoms with Crippen LogP contribution in [0.3, 0.4) is 0 Å². The Kier molecular flexibility index (Phi) is 7.04. The van der Waals surface area contributed by atoms with Crippen LogP contribution in [0.1, 0.15) is 12.5 Å². The van der Waals surface area contributed by atoms with Gasteiger partial charge in [0.05, 0.1) is 0 Å². The molecule has 0 aromatic heterocycles. The van der Waals surface area contributed by atoms with Crippen molar-refractivity contribution in [3.8, 4) is 0 Å². The van der Waals surface area contributed by atoms with Crippen molar-refractivity contribution in [3.63, 3.8) is 0 Å². The summed E-state index contributed by atoms with van der Waals surface area (Å²) in [6.07, 6.45) is 0.968. The number of aryl methyl sites for hydroxylation is 1. The van der Waals surface area contributed by atoms with Gasteiger partial charge in [0.2, 0.25) is 10.9 Å². The Bertz CT molecular complexity index is 350. The van der Waals surface area contributed by atoms with E-state index in [2.05, 4.69) is 12.1 Å². The average molecular weight is 295 g/mol. The topological polar surface area (TPSA) is 40.5 Å². The van der Waals surface area contributed by atoms with Crippen molar-refractivity contribution in [2.45, 2.75) is 13.3 Å². The Labute approximate surface area is 108 Å². The van der Waals surface area contributed by atoms with Gasteiger partial charge in [-0.05, 0) is 18.9 Å². The minimum absolute atomic E-state index is 0.743. The van der Waals surface area contributed by atoms with Crippen molar-refractivity contribution in [1.82, 2.24) is 0 Å². The maximum atomic E-state index is 9.58. The zero-order valence-corrected chi connectivity index (χ0v) is 12.4. The van der Waals surface area contributed by atoms with E-state index in [1.54, 1.807) is 10.8 Å². The number of hydrogen-bond acceptors (Lipinski definition) is 2. The van der Waals surface area contributed by atoms with Gasteiger partial charge in [-0.1, -0.05) is 41.1 Å². The predicted molar refractivity (Wildman–Crippen MR) is 79.5 cm³/mol. The standard InChI is InChI=1S/C10H16O2PS3/c1-2-14-13(11,12)16-15-9-8-10-6-4-3-5-7-10/h3-7,11-12H,2,8-9H2,1H3/q+1. The summed E-state index contributed by atoms with van der Waals surface area (Å²) >= 11 is 0. The summed E-state index contributed by atoms with van der Waals surface area (Å²) < 4.78 is 0. The van der Waals surface area contributed by atoms with Crippen LogP contribution in [-0.2, 0) is 17.4 Å². The van der Waals surface area contributed by atoms with E-state index in [0.717, 1.165) is 17.9 Å². The Balaban J connectivity index is 2.25. The van der Waals surface area contributed by atoms with E-state index in [1.807, 2.05) is 25.1 Å². The first kappa shape index (κ1) is 14.6. The second kappa shape index (κ2) is 7.75. The highest BCUT2D eigenvalue weighted by atomic mass is 33.4. The van der Waals surface area contributed by atoms with Gasteiger partial charge in [0, 0.05) is 16.2 Å². The summed E-state index contributed by atoms with van der Waals surface area (Å²) in [6, 6.07) is 10.2. The lowest BCUT2D eigenvalue weighted by Gasteiger charge is -2.01. The molecule has 0 amide bonds. The molecular weight excluding hydrogens is 279 g/mol. The molecular formula is C10H16O2PS3+. The zero-order valence-electron chi connectivity index (χ0n) is 9.07. The molecule has 90 valence electrons. The summed E-state index contributed by atoms with van der Waals surface area (Å²) in [7, 11) is 4.01. The fourth-order valence-corrected chi connectivity index (χ4v) is 9.60. The molecule has 2 N–H and O–H groups in total. The normalized spacial score (nSPS) is 11.4. The molecule has 0 bridgehead atoms. The molecule has 0 saturated heterocycles. The first-order chi connectivity index (χ1) is 7.64. The quantitative estimate of drug-likeness (QED) is 0.365. The summed E-state index contributed by atoms with van der Waals surface area (Å²) in [6.45, 7) is 1.93. The lowest BCUT2D eigenvalue weighted by atomic mass is 10.2. The Morgan fingerprint density at radius 2 is 1.94 bits per heavy atom. The number of rotatable bonds is 6. The van der Waals surface area contributed by atoms with Gasteiger partial charge in [-0.3, -0.25) is 0 Å². The van der Waals surface area contributed by atoms with Crippen LogP contribution in [0, 0.1) is 0 Å². The van der Waals surface area contributed by atoms with E-state index < -0.39 is 5.69 Å². The van der Waals surface area contributed by atoms with Gasteiger partial charge in [0.15, 0.2) is 5.75 Å². The van der Waals surface area contributed by atoms with Crippen molar-refractivity contribution in [1.29, 1.82) is 0 Å². The molecule has 0 aliphatic rings.